The highest BCUT2D eigenvalue weighted by atomic mass is 32.1. The van der Waals surface area contributed by atoms with Crippen LogP contribution in [0.25, 0.3) is 22.9 Å². The van der Waals surface area contributed by atoms with Crippen LogP contribution in [0.15, 0.2) is 83.8 Å². The monoisotopic (exact) mass is 481 g/mol. The first-order valence-electron chi connectivity index (χ1n) is 10.6. The number of carbonyl (C=O) groups excluding carboxylic acids is 1. The second kappa shape index (κ2) is 9.48. The minimum atomic E-state index is -0.204. The van der Waals surface area contributed by atoms with Gasteiger partial charge < -0.3 is 10.1 Å². The quantitative estimate of drug-likeness (QED) is 0.315. The third-order valence-electron chi connectivity index (χ3n) is 5.32. The second-order valence-electron chi connectivity index (χ2n) is 7.61. The lowest BCUT2D eigenvalue weighted by atomic mass is 10.0. The Morgan fingerprint density at radius 1 is 1.12 bits per heavy atom. The van der Waals surface area contributed by atoms with Crippen molar-refractivity contribution in [1.29, 1.82) is 5.26 Å². The molecule has 7 heteroatoms. The minimum Gasteiger partial charge on any atom is -0.485 e. The van der Waals surface area contributed by atoms with E-state index in [1.807, 2.05) is 85.1 Å². The third-order valence-corrected chi connectivity index (χ3v) is 7.20. The molecule has 4 aromatic rings. The van der Waals surface area contributed by atoms with E-state index in [2.05, 4.69) is 11.4 Å². The summed E-state index contributed by atoms with van der Waals surface area (Å²) < 4.78 is 6.02. The summed E-state index contributed by atoms with van der Waals surface area (Å²) >= 11 is 2.67. The molecule has 5 nitrogen and oxygen atoms in total. The zero-order chi connectivity index (χ0) is 23.5. The van der Waals surface area contributed by atoms with E-state index < -0.39 is 0 Å². The van der Waals surface area contributed by atoms with Crippen molar-refractivity contribution in [3.05, 3.63) is 99.2 Å². The fraction of sp³-hybridized carbons (Fsp3) is 0.0741. The minimum absolute atomic E-state index is 0.196. The molecule has 0 saturated heterocycles. The van der Waals surface area contributed by atoms with Gasteiger partial charge in [0.05, 0.1) is 10.5 Å². The highest BCUT2D eigenvalue weighted by Crippen LogP contribution is 2.38. The van der Waals surface area contributed by atoms with Gasteiger partial charge in [0, 0.05) is 11.1 Å². The number of hydrogen-bond donors (Lipinski definition) is 1. The molecule has 0 radical (unpaired) electrons. The Morgan fingerprint density at radius 3 is 2.68 bits per heavy atom. The number of thiazole rings is 1. The number of nitrogens with zero attached hydrogens (tertiary/aromatic N) is 2. The Bertz CT molecular complexity index is 1440. The summed E-state index contributed by atoms with van der Waals surface area (Å²) in [6.07, 6.45) is 3.65. The molecule has 5 rings (SSSR count). The van der Waals surface area contributed by atoms with Crippen molar-refractivity contribution < 1.29 is 9.53 Å². The molecule has 1 aliphatic heterocycles. The summed E-state index contributed by atoms with van der Waals surface area (Å²) in [6.45, 7) is 1.96. The summed E-state index contributed by atoms with van der Waals surface area (Å²) in [5.41, 5.74) is 3.78. The number of carbonyl (C=O) groups is 1. The Morgan fingerprint density at radius 2 is 1.91 bits per heavy atom. The van der Waals surface area contributed by atoms with Crippen LogP contribution >= 0.6 is 22.7 Å². The van der Waals surface area contributed by atoms with Gasteiger partial charge in [-0.3, -0.25) is 4.79 Å². The van der Waals surface area contributed by atoms with E-state index in [1.165, 1.54) is 22.7 Å². The van der Waals surface area contributed by atoms with Crippen molar-refractivity contribution >= 4 is 45.2 Å². The Kier molecular flexibility index (Phi) is 6.09. The lowest BCUT2D eigenvalue weighted by Crippen LogP contribution is -2.17. The number of para-hydroxylation sites is 1. The number of thiophene rings is 1. The fourth-order valence-corrected chi connectivity index (χ4v) is 5.18. The SMILES string of the molecule is CC1Oc2ccccc2C=C1C=C(C#N)c1nc(-c2ccccc2)c(NC(=O)c2cccs2)s1. The van der Waals surface area contributed by atoms with Crippen molar-refractivity contribution in [2.45, 2.75) is 13.0 Å². The average molecular weight is 482 g/mol. The predicted octanol–water partition coefficient (Wildman–Crippen LogP) is 6.90. The number of amides is 1. The van der Waals surface area contributed by atoms with Gasteiger partial charge in [-0.2, -0.15) is 5.26 Å². The van der Waals surface area contributed by atoms with Crippen molar-refractivity contribution in [2.24, 2.45) is 0 Å². The van der Waals surface area contributed by atoms with Crippen LogP contribution in [0, 0.1) is 11.3 Å². The second-order valence-corrected chi connectivity index (χ2v) is 9.55. The van der Waals surface area contributed by atoms with Crippen LogP contribution in [-0.4, -0.2) is 17.0 Å². The molecule has 0 aliphatic carbocycles. The number of benzene rings is 2. The highest BCUT2D eigenvalue weighted by molar-refractivity contribution is 7.17. The molecule has 166 valence electrons. The molecule has 1 N–H and O–H groups in total. The van der Waals surface area contributed by atoms with Crippen LogP contribution in [-0.2, 0) is 0 Å². The van der Waals surface area contributed by atoms with Gasteiger partial charge in [-0.1, -0.05) is 65.9 Å². The number of rotatable bonds is 5. The molecule has 0 saturated carbocycles. The molecule has 0 bridgehead atoms. The topological polar surface area (TPSA) is 75.0 Å². The summed E-state index contributed by atoms with van der Waals surface area (Å²) in [5, 5.41) is 16.0. The van der Waals surface area contributed by atoms with Crippen LogP contribution in [0.5, 0.6) is 5.75 Å². The Labute approximate surface area is 205 Å². The standard InChI is InChI=1S/C27H19N3O2S2/c1-17-20(14-19-10-5-6-11-22(19)32-17)15-21(16-28)26-29-24(18-8-3-2-4-9-18)27(34-26)30-25(31)23-12-7-13-33-23/h2-15,17H,1H3,(H,30,31). The molecule has 0 spiro atoms. The number of anilines is 1. The van der Waals surface area contributed by atoms with Crippen molar-refractivity contribution in [3.8, 4) is 23.1 Å². The first kappa shape index (κ1) is 21.8. The summed E-state index contributed by atoms with van der Waals surface area (Å²) in [6, 6.07) is 23.4. The maximum Gasteiger partial charge on any atom is 0.266 e. The van der Waals surface area contributed by atoms with E-state index in [1.54, 1.807) is 6.07 Å². The lowest BCUT2D eigenvalue weighted by molar-refractivity contribution is 0.103. The van der Waals surface area contributed by atoms with E-state index >= 15 is 0 Å². The summed E-state index contributed by atoms with van der Waals surface area (Å²) in [4.78, 5) is 18.1. The van der Waals surface area contributed by atoms with E-state index in [0.29, 0.717) is 26.2 Å². The maximum absolute atomic E-state index is 12.8. The zero-order valence-corrected chi connectivity index (χ0v) is 19.8. The van der Waals surface area contributed by atoms with E-state index in [-0.39, 0.29) is 12.0 Å². The molecule has 1 aliphatic rings. The van der Waals surface area contributed by atoms with Crippen LogP contribution in [0.1, 0.15) is 27.2 Å². The number of ether oxygens (including phenoxy) is 1. The number of nitrogens with one attached hydrogen (secondary N) is 1. The first-order chi connectivity index (χ1) is 16.6. The number of aromatic nitrogens is 1. The van der Waals surface area contributed by atoms with Gasteiger partial charge in [0.25, 0.3) is 5.91 Å². The number of nitriles is 1. The Balaban J connectivity index is 1.55. The molecule has 3 heterocycles. The maximum atomic E-state index is 12.8. The molecule has 1 unspecified atom stereocenters. The fourth-order valence-electron chi connectivity index (χ4n) is 3.61. The van der Waals surface area contributed by atoms with Crippen molar-refractivity contribution in [3.63, 3.8) is 0 Å². The van der Waals surface area contributed by atoms with Crippen molar-refractivity contribution in [1.82, 2.24) is 4.98 Å². The van der Waals surface area contributed by atoms with Gasteiger partial charge in [0.1, 0.15) is 33.6 Å². The van der Waals surface area contributed by atoms with Gasteiger partial charge in [0.2, 0.25) is 0 Å². The van der Waals surface area contributed by atoms with E-state index in [4.69, 9.17) is 9.72 Å². The number of fused-ring (bicyclic) bond motifs is 1. The third kappa shape index (κ3) is 4.42. The Hall–Kier alpha value is -3.99. The summed E-state index contributed by atoms with van der Waals surface area (Å²) in [5.74, 6) is 0.628. The molecule has 1 amide bonds. The smallest absolute Gasteiger partial charge is 0.266 e. The molecular weight excluding hydrogens is 462 g/mol. The lowest BCUT2D eigenvalue weighted by Gasteiger charge is -2.22. The van der Waals surface area contributed by atoms with Gasteiger partial charge in [0.15, 0.2) is 0 Å². The number of allylic oxidation sites excluding steroid dienone is 1. The van der Waals surface area contributed by atoms with Crippen LogP contribution in [0.4, 0.5) is 5.00 Å². The van der Waals surface area contributed by atoms with Gasteiger partial charge in [-0.15, -0.1) is 11.3 Å². The molecular formula is C27H19N3O2S2. The summed E-state index contributed by atoms with van der Waals surface area (Å²) in [7, 11) is 0. The molecule has 1 atom stereocenters. The number of hydrogen-bond acceptors (Lipinski definition) is 6. The first-order valence-corrected chi connectivity index (χ1v) is 12.3. The molecule has 2 aromatic carbocycles. The molecule has 0 fully saturated rings. The zero-order valence-electron chi connectivity index (χ0n) is 18.2. The predicted molar refractivity (Wildman–Crippen MR) is 138 cm³/mol. The van der Waals surface area contributed by atoms with Gasteiger partial charge >= 0.3 is 0 Å². The molecule has 2 aromatic heterocycles. The van der Waals surface area contributed by atoms with Crippen molar-refractivity contribution in [2.75, 3.05) is 5.32 Å². The van der Waals surface area contributed by atoms with Crippen LogP contribution in [0.3, 0.4) is 0 Å². The normalized spacial score (nSPS) is 15.0. The van der Waals surface area contributed by atoms with Gasteiger partial charge in [-0.05, 0) is 42.2 Å². The van der Waals surface area contributed by atoms with Crippen LogP contribution in [0.2, 0.25) is 0 Å². The average Bonchev–Trinajstić information content (AvgIpc) is 3.54. The highest BCUT2D eigenvalue weighted by Gasteiger charge is 2.21. The van der Waals surface area contributed by atoms with E-state index in [0.717, 1.165) is 22.4 Å². The van der Waals surface area contributed by atoms with Gasteiger partial charge in [-0.25, -0.2) is 4.98 Å². The molecule has 34 heavy (non-hydrogen) atoms. The largest absolute Gasteiger partial charge is 0.485 e. The van der Waals surface area contributed by atoms with E-state index in [9.17, 15) is 10.1 Å². The van der Waals surface area contributed by atoms with Crippen LogP contribution < -0.4 is 10.1 Å².